The van der Waals surface area contributed by atoms with E-state index >= 15 is 0 Å². The number of likely N-dealkylation sites (N-methyl/N-ethyl adjacent to an activating group) is 1. The third kappa shape index (κ3) is 7.49. The van der Waals surface area contributed by atoms with E-state index in [0.717, 1.165) is 23.7 Å². The molecule has 2 N–H and O–H groups in total. The first kappa shape index (κ1) is 24.6. The molecule has 0 saturated carbocycles. The molecule has 0 radical (unpaired) electrons. The number of carbonyl (C=O) groups excluding carboxylic acids is 1. The van der Waals surface area contributed by atoms with Crippen LogP contribution in [0.2, 0.25) is 0 Å². The number of halogens is 1. The zero-order valence-electron chi connectivity index (χ0n) is 18.4. The number of nitrogens with zero attached hydrogens (tertiary/aromatic N) is 1. The van der Waals surface area contributed by atoms with Gasteiger partial charge in [-0.3, -0.25) is 4.79 Å². The summed E-state index contributed by atoms with van der Waals surface area (Å²) in [4.78, 5) is 14.5. The molecule has 0 saturated heterocycles. The summed E-state index contributed by atoms with van der Waals surface area (Å²) in [6.45, 7) is 1.65. The average molecular weight is 470 g/mol. The Hall–Kier alpha value is -3.07. The molecule has 174 valence electrons. The van der Waals surface area contributed by atoms with Crippen LogP contribution in [-0.2, 0) is 27.8 Å². The van der Waals surface area contributed by atoms with E-state index in [4.69, 9.17) is 0 Å². The van der Waals surface area contributed by atoms with E-state index in [-0.39, 0.29) is 6.42 Å². The summed E-state index contributed by atoms with van der Waals surface area (Å²) in [7, 11) is -2.29. The van der Waals surface area contributed by atoms with Gasteiger partial charge in [-0.15, -0.1) is 0 Å². The minimum atomic E-state index is -4.23. The lowest BCUT2D eigenvalue weighted by Crippen LogP contribution is -2.49. The Morgan fingerprint density at radius 3 is 2.12 bits per heavy atom. The molecular weight excluding hydrogens is 441 g/mol. The molecular formula is C25H28FN3O3S. The lowest BCUT2D eigenvalue weighted by Gasteiger charge is -2.21. The zero-order valence-corrected chi connectivity index (χ0v) is 19.3. The second-order valence-corrected chi connectivity index (χ2v) is 9.49. The van der Waals surface area contributed by atoms with Gasteiger partial charge in [0.25, 0.3) is 0 Å². The van der Waals surface area contributed by atoms with Crippen LogP contribution in [0.3, 0.4) is 0 Å². The monoisotopic (exact) mass is 469 g/mol. The van der Waals surface area contributed by atoms with Crippen molar-refractivity contribution in [1.82, 2.24) is 14.9 Å². The SMILES string of the molecule is CN(CCNC(=O)[C@H](Cc1ccccc1)NS(=O)(=O)c1ccccc1F)Cc1ccccc1. The van der Waals surface area contributed by atoms with Crippen LogP contribution in [0, 0.1) is 5.82 Å². The number of nitrogens with one attached hydrogen (secondary N) is 2. The molecule has 6 nitrogen and oxygen atoms in total. The van der Waals surface area contributed by atoms with Gasteiger partial charge in [-0.25, -0.2) is 12.8 Å². The molecule has 1 amide bonds. The molecule has 0 fully saturated rings. The summed E-state index contributed by atoms with van der Waals surface area (Å²) in [6.07, 6.45) is 0.139. The Labute approximate surface area is 194 Å². The maximum absolute atomic E-state index is 14.1. The molecule has 0 unspecified atom stereocenters. The molecule has 0 aliphatic heterocycles. The van der Waals surface area contributed by atoms with Crippen molar-refractivity contribution in [2.45, 2.75) is 23.9 Å². The standard InChI is InChI=1S/C25H28FN3O3S/c1-29(19-21-12-6-3-7-13-21)17-16-27-25(30)23(18-20-10-4-2-5-11-20)28-33(31,32)24-15-9-8-14-22(24)26/h2-15,23,28H,16-19H2,1H3,(H,27,30)/t23-/m0/s1. The largest absolute Gasteiger partial charge is 0.353 e. The number of sulfonamides is 1. The van der Waals surface area contributed by atoms with Crippen LogP contribution in [0.25, 0.3) is 0 Å². The Morgan fingerprint density at radius 2 is 1.48 bits per heavy atom. The molecule has 0 heterocycles. The van der Waals surface area contributed by atoms with E-state index in [9.17, 15) is 17.6 Å². The quantitative estimate of drug-likeness (QED) is 0.453. The third-order valence-electron chi connectivity index (χ3n) is 5.11. The number of benzene rings is 3. The molecule has 3 aromatic rings. The fourth-order valence-electron chi connectivity index (χ4n) is 3.42. The van der Waals surface area contributed by atoms with Crippen molar-refractivity contribution in [2.24, 2.45) is 0 Å². The van der Waals surface area contributed by atoms with Crippen molar-refractivity contribution >= 4 is 15.9 Å². The van der Waals surface area contributed by atoms with E-state index in [1.54, 1.807) is 0 Å². The maximum atomic E-state index is 14.1. The Morgan fingerprint density at radius 1 is 0.909 bits per heavy atom. The number of carbonyl (C=O) groups is 1. The van der Waals surface area contributed by atoms with Crippen molar-refractivity contribution in [1.29, 1.82) is 0 Å². The van der Waals surface area contributed by atoms with Crippen LogP contribution >= 0.6 is 0 Å². The molecule has 33 heavy (non-hydrogen) atoms. The van der Waals surface area contributed by atoms with Crippen LogP contribution in [0.15, 0.2) is 89.8 Å². The summed E-state index contributed by atoms with van der Waals surface area (Å²) in [5, 5.41) is 2.81. The lowest BCUT2D eigenvalue weighted by atomic mass is 10.1. The second kappa shape index (κ2) is 11.7. The van der Waals surface area contributed by atoms with Crippen LogP contribution in [0.4, 0.5) is 4.39 Å². The van der Waals surface area contributed by atoms with Gasteiger partial charge in [0.2, 0.25) is 15.9 Å². The van der Waals surface area contributed by atoms with Crippen molar-refractivity contribution in [2.75, 3.05) is 20.1 Å². The van der Waals surface area contributed by atoms with Gasteiger partial charge in [-0.2, -0.15) is 4.72 Å². The van der Waals surface area contributed by atoms with Crippen LogP contribution in [0.1, 0.15) is 11.1 Å². The highest BCUT2D eigenvalue weighted by atomic mass is 32.2. The molecule has 3 rings (SSSR count). The van der Waals surface area contributed by atoms with Gasteiger partial charge in [-0.1, -0.05) is 72.8 Å². The Balaban J connectivity index is 1.65. The highest BCUT2D eigenvalue weighted by molar-refractivity contribution is 7.89. The molecule has 0 aromatic heterocycles. The summed E-state index contributed by atoms with van der Waals surface area (Å²) < 4.78 is 42.1. The number of amides is 1. The minimum absolute atomic E-state index is 0.139. The van der Waals surface area contributed by atoms with Gasteiger partial charge < -0.3 is 10.2 Å². The fourth-order valence-corrected chi connectivity index (χ4v) is 4.69. The number of rotatable bonds is 11. The summed E-state index contributed by atoms with van der Waals surface area (Å²) >= 11 is 0. The molecule has 8 heteroatoms. The molecule has 0 aliphatic carbocycles. The summed E-state index contributed by atoms with van der Waals surface area (Å²) in [5.41, 5.74) is 1.95. The first-order valence-electron chi connectivity index (χ1n) is 10.7. The van der Waals surface area contributed by atoms with Gasteiger partial charge in [0.1, 0.15) is 16.8 Å². The molecule has 3 aromatic carbocycles. The van der Waals surface area contributed by atoms with E-state index in [2.05, 4.69) is 14.9 Å². The topological polar surface area (TPSA) is 78.5 Å². The van der Waals surface area contributed by atoms with E-state index in [1.807, 2.05) is 67.7 Å². The molecule has 0 aliphatic rings. The predicted octanol–water partition coefficient (Wildman–Crippen LogP) is 2.96. The van der Waals surface area contributed by atoms with Crippen LogP contribution in [-0.4, -0.2) is 45.4 Å². The highest BCUT2D eigenvalue weighted by Crippen LogP contribution is 2.15. The van der Waals surface area contributed by atoms with Crippen molar-refractivity contribution < 1.29 is 17.6 Å². The molecule has 1 atom stereocenters. The maximum Gasteiger partial charge on any atom is 0.244 e. The van der Waals surface area contributed by atoms with Gasteiger partial charge in [0, 0.05) is 19.6 Å². The normalized spacial score (nSPS) is 12.5. The third-order valence-corrected chi connectivity index (χ3v) is 6.62. The second-order valence-electron chi connectivity index (χ2n) is 7.81. The van der Waals surface area contributed by atoms with E-state index in [0.29, 0.717) is 13.1 Å². The number of hydrogen-bond acceptors (Lipinski definition) is 4. The average Bonchev–Trinajstić information content (AvgIpc) is 2.80. The highest BCUT2D eigenvalue weighted by Gasteiger charge is 2.27. The zero-order chi connectivity index (χ0) is 23.7. The predicted molar refractivity (Wildman–Crippen MR) is 126 cm³/mol. The van der Waals surface area contributed by atoms with Crippen molar-refractivity contribution in [3.05, 3.63) is 102 Å². The Kier molecular flexibility index (Phi) is 8.71. The fraction of sp³-hybridized carbons (Fsp3) is 0.240. The van der Waals surface area contributed by atoms with Gasteiger partial charge in [-0.05, 0) is 36.7 Å². The first-order chi connectivity index (χ1) is 15.8. The van der Waals surface area contributed by atoms with E-state index in [1.165, 1.54) is 18.2 Å². The molecule has 0 spiro atoms. The van der Waals surface area contributed by atoms with Crippen LogP contribution < -0.4 is 10.0 Å². The van der Waals surface area contributed by atoms with Gasteiger partial charge in [0.05, 0.1) is 0 Å². The van der Waals surface area contributed by atoms with E-state index < -0.39 is 32.7 Å². The van der Waals surface area contributed by atoms with Gasteiger partial charge >= 0.3 is 0 Å². The van der Waals surface area contributed by atoms with Crippen molar-refractivity contribution in [3.63, 3.8) is 0 Å². The number of hydrogen-bond donors (Lipinski definition) is 2. The van der Waals surface area contributed by atoms with Gasteiger partial charge in [0.15, 0.2) is 0 Å². The minimum Gasteiger partial charge on any atom is -0.353 e. The first-order valence-corrected chi connectivity index (χ1v) is 12.1. The summed E-state index contributed by atoms with van der Waals surface area (Å²) in [6, 6.07) is 23.1. The van der Waals surface area contributed by atoms with Crippen LogP contribution in [0.5, 0.6) is 0 Å². The lowest BCUT2D eigenvalue weighted by molar-refractivity contribution is -0.122. The Bertz CT molecular complexity index is 1140. The van der Waals surface area contributed by atoms with Crippen molar-refractivity contribution in [3.8, 4) is 0 Å². The summed E-state index contributed by atoms with van der Waals surface area (Å²) in [5.74, 6) is -1.33. The smallest absolute Gasteiger partial charge is 0.244 e. The molecule has 0 bridgehead atoms.